The second kappa shape index (κ2) is 7.28. The number of aromatic nitrogens is 1. The van der Waals surface area contributed by atoms with E-state index in [0.29, 0.717) is 18.2 Å². The van der Waals surface area contributed by atoms with Crippen LogP contribution >= 0.6 is 0 Å². The Labute approximate surface area is 149 Å². The maximum absolute atomic E-state index is 12.9. The molecular formula is C20H26N4O. The van der Waals surface area contributed by atoms with Crippen LogP contribution in [0, 0.1) is 18.3 Å². The summed E-state index contributed by atoms with van der Waals surface area (Å²) in [7, 11) is 4.22. The van der Waals surface area contributed by atoms with Crippen LogP contribution in [0.5, 0.6) is 0 Å². The standard InChI is InChI=1S/C20H26N4O/c1-15-18(13-21)17-8-4-5-9-19(17)24(15)14-20(25)23-11-6-7-16(10-12-23)22(2)3/h4-5,8-9,16H,6-7,10-12,14H2,1-3H3. The van der Waals surface area contributed by atoms with E-state index in [9.17, 15) is 10.1 Å². The van der Waals surface area contributed by atoms with Crippen molar-refractivity contribution in [1.29, 1.82) is 5.26 Å². The molecule has 5 nitrogen and oxygen atoms in total. The number of hydrogen-bond donors (Lipinski definition) is 0. The summed E-state index contributed by atoms with van der Waals surface area (Å²) in [5, 5.41) is 10.4. The van der Waals surface area contributed by atoms with E-state index in [1.807, 2.05) is 40.7 Å². The van der Waals surface area contributed by atoms with Gasteiger partial charge in [0.2, 0.25) is 5.91 Å². The fraction of sp³-hybridized carbons (Fsp3) is 0.500. The fourth-order valence-electron chi connectivity index (χ4n) is 3.86. The Bertz CT molecular complexity index is 815. The molecule has 1 unspecified atom stereocenters. The molecule has 25 heavy (non-hydrogen) atoms. The van der Waals surface area contributed by atoms with E-state index >= 15 is 0 Å². The van der Waals surface area contributed by atoms with Crippen molar-refractivity contribution in [3.8, 4) is 6.07 Å². The quantitative estimate of drug-likeness (QED) is 0.865. The van der Waals surface area contributed by atoms with Gasteiger partial charge in [0.1, 0.15) is 12.6 Å². The molecule has 0 N–H and O–H groups in total. The number of hydrogen-bond acceptors (Lipinski definition) is 3. The molecule has 1 atom stereocenters. The van der Waals surface area contributed by atoms with E-state index in [0.717, 1.165) is 48.9 Å². The molecule has 0 bridgehead atoms. The number of carbonyl (C=O) groups is 1. The van der Waals surface area contributed by atoms with Gasteiger partial charge in [-0.15, -0.1) is 0 Å². The summed E-state index contributed by atoms with van der Waals surface area (Å²) in [5.74, 6) is 0.146. The molecule has 0 radical (unpaired) electrons. The van der Waals surface area contributed by atoms with Crippen LogP contribution < -0.4 is 0 Å². The maximum Gasteiger partial charge on any atom is 0.242 e. The molecule has 1 saturated heterocycles. The lowest BCUT2D eigenvalue weighted by atomic mass is 10.1. The Kier molecular flexibility index (Phi) is 5.10. The van der Waals surface area contributed by atoms with Gasteiger partial charge in [0.15, 0.2) is 0 Å². The highest BCUT2D eigenvalue weighted by Crippen LogP contribution is 2.25. The van der Waals surface area contributed by atoms with Gasteiger partial charge in [0.05, 0.1) is 11.1 Å². The number of para-hydroxylation sites is 1. The van der Waals surface area contributed by atoms with Crippen LogP contribution in [0.4, 0.5) is 0 Å². The molecule has 1 fully saturated rings. The van der Waals surface area contributed by atoms with Crippen LogP contribution in [0.25, 0.3) is 10.9 Å². The van der Waals surface area contributed by atoms with Crippen molar-refractivity contribution in [1.82, 2.24) is 14.4 Å². The third-order valence-corrected chi connectivity index (χ3v) is 5.42. The first-order valence-electron chi connectivity index (χ1n) is 8.95. The lowest BCUT2D eigenvalue weighted by Gasteiger charge is -2.24. The third kappa shape index (κ3) is 3.40. The van der Waals surface area contributed by atoms with Crippen molar-refractivity contribution in [2.45, 2.75) is 38.8 Å². The van der Waals surface area contributed by atoms with E-state index < -0.39 is 0 Å². The van der Waals surface area contributed by atoms with Crippen LogP contribution in [-0.4, -0.2) is 53.5 Å². The minimum absolute atomic E-state index is 0.146. The van der Waals surface area contributed by atoms with Gasteiger partial charge in [-0.05, 0) is 46.3 Å². The van der Waals surface area contributed by atoms with Crippen LogP contribution in [-0.2, 0) is 11.3 Å². The van der Waals surface area contributed by atoms with Gasteiger partial charge in [0.25, 0.3) is 0 Å². The van der Waals surface area contributed by atoms with Crippen LogP contribution in [0.2, 0.25) is 0 Å². The molecular weight excluding hydrogens is 312 g/mol. The minimum Gasteiger partial charge on any atom is -0.341 e. The van der Waals surface area contributed by atoms with E-state index in [4.69, 9.17) is 0 Å². The SMILES string of the molecule is Cc1c(C#N)c2ccccc2n1CC(=O)N1CCCC(N(C)C)CC1. The molecule has 1 aromatic carbocycles. The number of fused-ring (bicyclic) bond motifs is 1. The molecule has 1 amide bonds. The molecule has 5 heteroatoms. The molecule has 0 aliphatic carbocycles. The molecule has 1 aromatic heterocycles. The largest absolute Gasteiger partial charge is 0.341 e. The van der Waals surface area contributed by atoms with Crippen molar-refractivity contribution in [2.75, 3.05) is 27.2 Å². The normalized spacial score (nSPS) is 18.4. The second-order valence-corrected chi connectivity index (χ2v) is 7.10. The summed E-state index contributed by atoms with van der Waals surface area (Å²) in [6, 6.07) is 10.7. The number of nitrogens with zero attached hydrogens (tertiary/aromatic N) is 4. The summed E-state index contributed by atoms with van der Waals surface area (Å²) in [4.78, 5) is 17.1. The zero-order valence-electron chi connectivity index (χ0n) is 15.3. The molecule has 0 spiro atoms. The molecule has 1 aliphatic heterocycles. The first-order valence-corrected chi connectivity index (χ1v) is 8.95. The molecule has 0 saturated carbocycles. The zero-order valence-corrected chi connectivity index (χ0v) is 15.3. The van der Waals surface area contributed by atoms with Crippen molar-refractivity contribution >= 4 is 16.8 Å². The second-order valence-electron chi connectivity index (χ2n) is 7.10. The molecule has 2 heterocycles. The Morgan fingerprint density at radius 2 is 2.04 bits per heavy atom. The number of nitriles is 1. The lowest BCUT2D eigenvalue weighted by Crippen LogP contribution is -2.36. The summed E-state index contributed by atoms with van der Waals surface area (Å²) >= 11 is 0. The third-order valence-electron chi connectivity index (χ3n) is 5.42. The van der Waals surface area contributed by atoms with E-state index in [1.54, 1.807) is 0 Å². The topological polar surface area (TPSA) is 52.3 Å². The van der Waals surface area contributed by atoms with E-state index in [2.05, 4.69) is 25.1 Å². The Balaban J connectivity index is 1.81. The lowest BCUT2D eigenvalue weighted by molar-refractivity contribution is -0.131. The first-order chi connectivity index (χ1) is 12.0. The average Bonchev–Trinajstić information content (AvgIpc) is 2.77. The Morgan fingerprint density at radius 1 is 1.28 bits per heavy atom. The van der Waals surface area contributed by atoms with Crippen LogP contribution in [0.3, 0.4) is 0 Å². The Morgan fingerprint density at radius 3 is 2.76 bits per heavy atom. The minimum atomic E-state index is 0.146. The van der Waals surface area contributed by atoms with Crippen LogP contribution in [0.15, 0.2) is 24.3 Å². The summed E-state index contributed by atoms with van der Waals surface area (Å²) in [6.45, 7) is 3.87. The van der Waals surface area contributed by atoms with Crippen LogP contribution in [0.1, 0.15) is 30.5 Å². The summed E-state index contributed by atoms with van der Waals surface area (Å²) in [6.07, 6.45) is 3.21. The van der Waals surface area contributed by atoms with E-state index in [1.165, 1.54) is 0 Å². The molecule has 3 rings (SSSR count). The Hall–Kier alpha value is -2.32. The highest BCUT2D eigenvalue weighted by molar-refractivity contribution is 5.89. The number of likely N-dealkylation sites (tertiary alicyclic amines) is 1. The smallest absolute Gasteiger partial charge is 0.242 e. The predicted molar refractivity (Wildman–Crippen MR) is 99.3 cm³/mol. The summed E-state index contributed by atoms with van der Waals surface area (Å²) in [5.41, 5.74) is 2.51. The highest BCUT2D eigenvalue weighted by Gasteiger charge is 2.23. The fourth-order valence-corrected chi connectivity index (χ4v) is 3.86. The molecule has 1 aliphatic rings. The van der Waals surface area contributed by atoms with Gasteiger partial charge in [0, 0.05) is 30.2 Å². The summed E-state index contributed by atoms with van der Waals surface area (Å²) < 4.78 is 1.99. The van der Waals surface area contributed by atoms with Crippen molar-refractivity contribution < 1.29 is 4.79 Å². The monoisotopic (exact) mass is 338 g/mol. The predicted octanol–water partition coefficient (Wildman–Crippen LogP) is 2.76. The number of benzene rings is 1. The first kappa shape index (κ1) is 17.5. The number of amides is 1. The van der Waals surface area contributed by atoms with Gasteiger partial charge in [-0.3, -0.25) is 4.79 Å². The number of carbonyl (C=O) groups excluding carboxylic acids is 1. The van der Waals surface area contributed by atoms with Gasteiger partial charge < -0.3 is 14.4 Å². The van der Waals surface area contributed by atoms with Gasteiger partial charge >= 0.3 is 0 Å². The van der Waals surface area contributed by atoms with Gasteiger partial charge in [-0.1, -0.05) is 18.2 Å². The molecule has 132 valence electrons. The maximum atomic E-state index is 12.9. The average molecular weight is 338 g/mol. The zero-order chi connectivity index (χ0) is 18.0. The van der Waals surface area contributed by atoms with Crippen molar-refractivity contribution in [3.63, 3.8) is 0 Å². The van der Waals surface area contributed by atoms with Crippen molar-refractivity contribution in [3.05, 3.63) is 35.5 Å². The van der Waals surface area contributed by atoms with Gasteiger partial charge in [-0.2, -0.15) is 5.26 Å². The van der Waals surface area contributed by atoms with Crippen molar-refractivity contribution in [2.24, 2.45) is 0 Å². The van der Waals surface area contributed by atoms with E-state index in [-0.39, 0.29) is 5.91 Å². The molecule has 2 aromatic rings. The van der Waals surface area contributed by atoms with Gasteiger partial charge in [-0.25, -0.2) is 0 Å². The highest BCUT2D eigenvalue weighted by atomic mass is 16.2. The number of rotatable bonds is 3.